The van der Waals surface area contributed by atoms with Crippen molar-refractivity contribution in [2.24, 2.45) is 0 Å². The molecule has 122 valence electrons. The highest BCUT2D eigenvalue weighted by molar-refractivity contribution is 7.88. The van der Waals surface area contributed by atoms with E-state index in [2.05, 4.69) is 10.8 Å². The van der Waals surface area contributed by atoms with E-state index in [1.165, 1.54) is 6.08 Å². The third kappa shape index (κ3) is 5.20. The van der Waals surface area contributed by atoms with E-state index in [4.69, 9.17) is 5.26 Å². The second-order valence-electron chi connectivity index (χ2n) is 5.52. The van der Waals surface area contributed by atoms with Gasteiger partial charge in [0.05, 0.1) is 17.9 Å². The molecule has 1 amide bonds. The molecule has 1 heterocycles. The van der Waals surface area contributed by atoms with Crippen LogP contribution in [-0.4, -0.2) is 44.6 Å². The number of piperidine rings is 1. The van der Waals surface area contributed by atoms with Crippen LogP contribution in [0.5, 0.6) is 0 Å². The van der Waals surface area contributed by atoms with E-state index in [0.29, 0.717) is 37.1 Å². The third-order valence-corrected chi connectivity index (χ3v) is 4.44. The topological polar surface area (TPSA) is 90.3 Å². The minimum absolute atomic E-state index is 0.114. The first-order chi connectivity index (χ1) is 10.9. The molecule has 0 unspecified atom stereocenters. The van der Waals surface area contributed by atoms with Crippen molar-refractivity contribution in [2.75, 3.05) is 19.3 Å². The van der Waals surface area contributed by atoms with Crippen LogP contribution in [0, 0.1) is 11.3 Å². The van der Waals surface area contributed by atoms with E-state index in [0.717, 1.165) is 6.26 Å². The largest absolute Gasteiger partial charge is 0.339 e. The number of benzene rings is 1. The molecule has 0 spiro atoms. The monoisotopic (exact) mass is 333 g/mol. The van der Waals surface area contributed by atoms with Crippen molar-refractivity contribution in [3.05, 3.63) is 41.5 Å². The van der Waals surface area contributed by atoms with Gasteiger partial charge in [0.25, 0.3) is 0 Å². The van der Waals surface area contributed by atoms with Crippen LogP contribution in [-0.2, 0) is 14.8 Å². The number of rotatable bonds is 4. The Kier molecular flexibility index (Phi) is 5.53. The van der Waals surface area contributed by atoms with Crippen LogP contribution in [0.4, 0.5) is 0 Å². The summed E-state index contributed by atoms with van der Waals surface area (Å²) in [4.78, 5) is 13.9. The number of sulfonamides is 1. The summed E-state index contributed by atoms with van der Waals surface area (Å²) in [5.41, 5.74) is 1.23. The lowest BCUT2D eigenvalue weighted by molar-refractivity contribution is -0.126. The first kappa shape index (κ1) is 17.2. The van der Waals surface area contributed by atoms with Gasteiger partial charge in [0.15, 0.2) is 0 Å². The van der Waals surface area contributed by atoms with Gasteiger partial charge in [0.2, 0.25) is 15.9 Å². The lowest BCUT2D eigenvalue weighted by Gasteiger charge is -2.31. The minimum atomic E-state index is -3.21. The fourth-order valence-electron chi connectivity index (χ4n) is 2.53. The number of hydrogen-bond donors (Lipinski definition) is 1. The fourth-order valence-corrected chi connectivity index (χ4v) is 3.37. The predicted octanol–water partition coefficient (Wildman–Crippen LogP) is 1.11. The fraction of sp³-hybridized carbons (Fsp3) is 0.375. The van der Waals surface area contributed by atoms with Gasteiger partial charge in [-0.25, -0.2) is 13.1 Å². The second kappa shape index (κ2) is 7.40. The summed E-state index contributed by atoms with van der Waals surface area (Å²) in [5, 5.41) is 9.02. The molecule has 7 heteroatoms. The zero-order valence-corrected chi connectivity index (χ0v) is 13.7. The van der Waals surface area contributed by atoms with Crippen molar-refractivity contribution < 1.29 is 13.2 Å². The first-order valence-electron chi connectivity index (χ1n) is 7.32. The lowest BCUT2D eigenvalue weighted by Crippen LogP contribution is -2.45. The van der Waals surface area contributed by atoms with E-state index in [1.54, 1.807) is 29.2 Å². The van der Waals surface area contributed by atoms with Crippen LogP contribution < -0.4 is 4.72 Å². The number of nitriles is 1. The van der Waals surface area contributed by atoms with Gasteiger partial charge in [-0.3, -0.25) is 4.79 Å². The van der Waals surface area contributed by atoms with Gasteiger partial charge < -0.3 is 4.90 Å². The molecule has 0 atom stereocenters. The van der Waals surface area contributed by atoms with E-state index < -0.39 is 10.0 Å². The molecule has 6 nitrogen and oxygen atoms in total. The molecule has 0 bridgehead atoms. The van der Waals surface area contributed by atoms with Gasteiger partial charge in [-0.2, -0.15) is 5.26 Å². The van der Waals surface area contributed by atoms with Crippen molar-refractivity contribution in [1.82, 2.24) is 9.62 Å². The number of amides is 1. The summed E-state index contributed by atoms with van der Waals surface area (Å²) in [6.07, 6.45) is 5.44. The van der Waals surface area contributed by atoms with Crippen molar-refractivity contribution in [1.29, 1.82) is 5.26 Å². The maximum atomic E-state index is 12.2. The van der Waals surface area contributed by atoms with Crippen LogP contribution in [0.2, 0.25) is 0 Å². The van der Waals surface area contributed by atoms with Crippen molar-refractivity contribution in [3.8, 4) is 6.07 Å². The highest BCUT2D eigenvalue weighted by Gasteiger charge is 2.23. The molecule has 0 aromatic heterocycles. The number of nitrogens with zero attached hydrogens (tertiary/aromatic N) is 2. The van der Waals surface area contributed by atoms with Crippen LogP contribution in [0.3, 0.4) is 0 Å². The van der Waals surface area contributed by atoms with E-state index in [1.807, 2.05) is 6.07 Å². The quantitative estimate of drug-likeness (QED) is 0.836. The first-order valence-corrected chi connectivity index (χ1v) is 9.21. The second-order valence-corrected chi connectivity index (χ2v) is 7.30. The third-order valence-electron chi connectivity index (χ3n) is 3.67. The van der Waals surface area contributed by atoms with Crippen LogP contribution in [0.15, 0.2) is 30.3 Å². The molecular formula is C16H19N3O3S. The maximum Gasteiger partial charge on any atom is 0.246 e. The molecule has 23 heavy (non-hydrogen) atoms. The van der Waals surface area contributed by atoms with Gasteiger partial charge in [0, 0.05) is 25.2 Å². The highest BCUT2D eigenvalue weighted by atomic mass is 32.2. The molecule has 0 radical (unpaired) electrons. The van der Waals surface area contributed by atoms with Gasteiger partial charge in [-0.15, -0.1) is 0 Å². The van der Waals surface area contributed by atoms with Gasteiger partial charge >= 0.3 is 0 Å². The zero-order valence-electron chi connectivity index (χ0n) is 12.9. The van der Waals surface area contributed by atoms with Crippen molar-refractivity contribution in [2.45, 2.75) is 18.9 Å². The van der Waals surface area contributed by atoms with Gasteiger partial charge in [-0.1, -0.05) is 18.2 Å². The maximum absolute atomic E-state index is 12.2. The minimum Gasteiger partial charge on any atom is -0.339 e. The van der Waals surface area contributed by atoms with Crippen molar-refractivity contribution >= 4 is 22.0 Å². The summed E-state index contributed by atoms with van der Waals surface area (Å²) in [5.74, 6) is -0.129. The molecule has 2 rings (SSSR count). The summed E-state index contributed by atoms with van der Waals surface area (Å²) >= 11 is 0. The SMILES string of the molecule is CS(=O)(=O)NC1CCN(C(=O)/C=C\c2ccccc2C#N)CC1. The van der Waals surface area contributed by atoms with E-state index in [-0.39, 0.29) is 11.9 Å². The normalized spacial score (nSPS) is 16.4. The summed E-state index contributed by atoms with van der Waals surface area (Å²) < 4.78 is 25.0. The van der Waals surface area contributed by atoms with Crippen LogP contribution >= 0.6 is 0 Å². The van der Waals surface area contributed by atoms with Crippen LogP contribution in [0.25, 0.3) is 6.08 Å². The molecule has 1 aromatic carbocycles. The lowest BCUT2D eigenvalue weighted by atomic mass is 10.1. The summed E-state index contributed by atoms with van der Waals surface area (Å²) in [7, 11) is -3.21. The Balaban J connectivity index is 1.93. The number of carbonyl (C=O) groups is 1. The number of hydrogen-bond acceptors (Lipinski definition) is 4. The Morgan fingerprint density at radius 1 is 1.35 bits per heavy atom. The highest BCUT2D eigenvalue weighted by Crippen LogP contribution is 2.13. The number of nitrogens with one attached hydrogen (secondary N) is 1. The number of likely N-dealkylation sites (tertiary alicyclic amines) is 1. The van der Waals surface area contributed by atoms with E-state index >= 15 is 0 Å². The van der Waals surface area contributed by atoms with Crippen LogP contribution in [0.1, 0.15) is 24.0 Å². The average Bonchev–Trinajstić information content (AvgIpc) is 2.52. The molecule has 0 saturated carbocycles. The average molecular weight is 333 g/mol. The summed E-state index contributed by atoms with van der Waals surface area (Å²) in [6, 6.07) is 9.04. The molecular weight excluding hydrogens is 314 g/mol. The van der Waals surface area contributed by atoms with Gasteiger partial charge in [0.1, 0.15) is 0 Å². The molecule has 1 saturated heterocycles. The Morgan fingerprint density at radius 3 is 2.61 bits per heavy atom. The molecule has 1 fully saturated rings. The van der Waals surface area contributed by atoms with Crippen molar-refractivity contribution in [3.63, 3.8) is 0 Å². The van der Waals surface area contributed by atoms with E-state index in [9.17, 15) is 13.2 Å². The Hall–Kier alpha value is -2.17. The zero-order chi connectivity index (χ0) is 16.9. The molecule has 1 aliphatic heterocycles. The Labute approximate surface area is 136 Å². The Morgan fingerprint density at radius 2 is 2.00 bits per heavy atom. The molecule has 1 N–H and O–H groups in total. The Bertz CT molecular complexity index is 742. The smallest absolute Gasteiger partial charge is 0.246 e. The summed E-state index contributed by atoms with van der Waals surface area (Å²) in [6.45, 7) is 1.02. The molecule has 1 aliphatic rings. The molecule has 1 aromatic rings. The number of carbonyl (C=O) groups excluding carboxylic acids is 1. The molecule has 0 aliphatic carbocycles. The predicted molar refractivity (Wildman–Crippen MR) is 87.8 cm³/mol. The van der Waals surface area contributed by atoms with Gasteiger partial charge in [-0.05, 0) is 30.5 Å². The standard InChI is InChI=1S/C16H19N3O3S/c1-23(21,22)18-15-8-10-19(11-9-15)16(20)7-6-13-4-2-3-5-14(13)12-17/h2-7,15,18H,8-11H2,1H3/b7-6-.